The van der Waals surface area contributed by atoms with E-state index in [1.807, 2.05) is 47.6 Å². The summed E-state index contributed by atoms with van der Waals surface area (Å²) in [6.07, 6.45) is 3.73. The summed E-state index contributed by atoms with van der Waals surface area (Å²) in [5, 5.41) is 0. The van der Waals surface area contributed by atoms with E-state index in [1.165, 1.54) is 0 Å². The van der Waals surface area contributed by atoms with Gasteiger partial charge in [0, 0.05) is 0 Å². The van der Waals surface area contributed by atoms with Crippen LogP contribution in [0.5, 0.6) is 0 Å². The maximum atomic E-state index is 3.86. The van der Waals surface area contributed by atoms with E-state index < -0.39 is 0 Å². The third-order valence-corrected chi connectivity index (χ3v) is 1.54. The van der Waals surface area contributed by atoms with Crippen molar-refractivity contribution >= 4 is 0 Å². The molecule has 0 unspecified atom stereocenters. The molecule has 0 atom stereocenters. The Kier molecular flexibility index (Phi) is 19.3. The summed E-state index contributed by atoms with van der Waals surface area (Å²) in [5.74, 6) is 0. The molecule has 0 amide bonds. The quantitative estimate of drug-likeness (QED) is 0.534. The topological polar surface area (TPSA) is 0 Å². The predicted molar refractivity (Wildman–Crippen MR) is 70.6 cm³/mol. The molecular weight excluding hydrogens is 168 g/mol. The van der Waals surface area contributed by atoms with Crippen LogP contribution in [-0.4, -0.2) is 0 Å². The molecule has 0 heterocycles. The summed E-state index contributed by atoms with van der Waals surface area (Å²) in [5.41, 5.74) is 3.03. The summed E-state index contributed by atoms with van der Waals surface area (Å²) in [4.78, 5) is 0. The van der Waals surface area contributed by atoms with E-state index >= 15 is 0 Å². The van der Waals surface area contributed by atoms with Gasteiger partial charge in [-0.25, -0.2) is 0 Å². The van der Waals surface area contributed by atoms with Crippen LogP contribution in [0, 0.1) is 0 Å². The van der Waals surface area contributed by atoms with Crippen LogP contribution in [0.1, 0.15) is 41.5 Å². The second kappa shape index (κ2) is 14.5. The van der Waals surface area contributed by atoms with Gasteiger partial charge in [-0.3, -0.25) is 0 Å². The maximum absolute atomic E-state index is 3.86. The van der Waals surface area contributed by atoms with Gasteiger partial charge in [0.1, 0.15) is 0 Å². The van der Waals surface area contributed by atoms with Crippen LogP contribution >= 0.6 is 0 Å². The molecule has 0 heteroatoms. The van der Waals surface area contributed by atoms with Crippen LogP contribution in [0.2, 0.25) is 0 Å². The molecule has 0 aliphatic heterocycles. The SMILES string of the molecule is C=CC(=C)C(=C)/C(C)=C/C.CC.CC. The van der Waals surface area contributed by atoms with Crippen molar-refractivity contribution in [1.82, 2.24) is 0 Å². The zero-order valence-corrected chi connectivity index (χ0v) is 10.8. The van der Waals surface area contributed by atoms with Gasteiger partial charge in [-0.05, 0) is 30.6 Å². The molecule has 0 spiro atoms. The minimum atomic E-state index is 0.899. The molecule has 0 aromatic rings. The molecule has 0 radical (unpaired) electrons. The summed E-state index contributed by atoms with van der Waals surface area (Å²) in [6, 6.07) is 0. The Morgan fingerprint density at radius 2 is 1.36 bits per heavy atom. The van der Waals surface area contributed by atoms with Gasteiger partial charge < -0.3 is 0 Å². The highest BCUT2D eigenvalue weighted by atomic mass is 14.0. The second-order valence-electron chi connectivity index (χ2n) is 2.18. The van der Waals surface area contributed by atoms with E-state index in [9.17, 15) is 0 Å². The monoisotopic (exact) mass is 194 g/mol. The largest absolute Gasteiger partial charge is 0.0985 e. The lowest BCUT2D eigenvalue weighted by molar-refractivity contribution is 1.38. The zero-order valence-electron chi connectivity index (χ0n) is 10.8. The Morgan fingerprint density at radius 3 is 1.57 bits per heavy atom. The molecule has 0 rings (SSSR count). The fourth-order valence-corrected chi connectivity index (χ4v) is 0.551. The van der Waals surface area contributed by atoms with Gasteiger partial charge in [0.25, 0.3) is 0 Å². The molecule has 14 heavy (non-hydrogen) atoms. The van der Waals surface area contributed by atoms with Gasteiger partial charge in [0.15, 0.2) is 0 Å². The average molecular weight is 194 g/mol. The van der Waals surface area contributed by atoms with Crippen LogP contribution in [0.3, 0.4) is 0 Å². The minimum absolute atomic E-state index is 0.899. The highest BCUT2D eigenvalue weighted by Crippen LogP contribution is 2.15. The lowest BCUT2D eigenvalue weighted by Crippen LogP contribution is -1.83. The third kappa shape index (κ3) is 9.05. The van der Waals surface area contributed by atoms with Crippen LogP contribution in [-0.2, 0) is 0 Å². The van der Waals surface area contributed by atoms with Crippen molar-refractivity contribution in [3.05, 3.63) is 48.6 Å². The first-order valence-corrected chi connectivity index (χ1v) is 5.27. The molecule has 0 aromatic carbocycles. The first kappa shape index (κ1) is 18.7. The van der Waals surface area contributed by atoms with Crippen LogP contribution in [0.4, 0.5) is 0 Å². The van der Waals surface area contributed by atoms with Crippen LogP contribution in [0.25, 0.3) is 0 Å². The molecule has 0 aliphatic carbocycles. The first-order valence-electron chi connectivity index (χ1n) is 5.27. The first-order chi connectivity index (χ1) is 6.63. The van der Waals surface area contributed by atoms with Crippen molar-refractivity contribution < 1.29 is 0 Å². The van der Waals surface area contributed by atoms with Crippen molar-refractivity contribution in [2.45, 2.75) is 41.5 Å². The number of rotatable bonds is 3. The van der Waals surface area contributed by atoms with E-state index in [0.717, 1.165) is 16.7 Å². The minimum Gasteiger partial charge on any atom is -0.0985 e. The molecule has 0 fully saturated rings. The Bertz CT molecular complexity index is 188. The van der Waals surface area contributed by atoms with Crippen LogP contribution in [0.15, 0.2) is 48.6 Å². The molecule has 82 valence electrons. The van der Waals surface area contributed by atoms with E-state index in [2.05, 4.69) is 19.7 Å². The predicted octanol–water partition coefficient (Wildman–Crippen LogP) is 5.30. The lowest BCUT2D eigenvalue weighted by atomic mass is 10.0. The molecule has 0 saturated carbocycles. The molecule has 0 aliphatic rings. The summed E-state index contributed by atoms with van der Waals surface area (Å²) >= 11 is 0. The molecule has 0 bridgehead atoms. The Morgan fingerprint density at radius 1 is 1.00 bits per heavy atom. The van der Waals surface area contributed by atoms with Crippen LogP contribution < -0.4 is 0 Å². The smallest absolute Gasteiger partial charge is 0.0236 e. The third-order valence-electron chi connectivity index (χ3n) is 1.54. The highest BCUT2D eigenvalue weighted by molar-refractivity contribution is 5.46. The van der Waals surface area contributed by atoms with E-state index in [-0.39, 0.29) is 0 Å². The number of hydrogen-bond acceptors (Lipinski definition) is 0. The summed E-state index contributed by atoms with van der Waals surface area (Å²) < 4.78 is 0. The fourth-order valence-electron chi connectivity index (χ4n) is 0.551. The van der Waals surface area contributed by atoms with Gasteiger partial charge >= 0.3 is 0 Å². The van der Waals surface area contributed by atoms with Crippen molar-refractivity contribution in [2.75, 3.05) is 0 Å². The Hall–Kier alpha value is -1.04. The van der Waals surface area contributed by atoms with Gasteiger partial charge in [-0.15, -0.1) is 0 Å². The van der Waals surface area contributed by atoms with Crippen molar-refractivity contribution in [1.29, 1.82) is 0 Å². The van der Waals surface area contributed by atoms with Gasteiger partial charge in [-0.2, -0.15) is 0 Å². The van der Waals surface area contributed by atoms with Gasteiger partial charge in [0.2, 0.25) is 0 Å². The number of allylic oxidation sites excluding steroid dienone is 5. The van der Waals surface area contributed by atoms with E-state index in [1.54, 1.807) is 6.08 Å². The normalized spacial score (nSPS) is 8.57. The maximum Gasteiger partial charge on any atom is -0.0236 e. The molecule has 0 saturated heterocycles. The zero-order chi connectivity index (χ0) is 12.1. The van der Waals surface area contributed by atoms with E-state index in [4.69, 9.17) is 0 Å². The molecule has 0 N–H and O–H groups in total. The van der Waals surface area contributed by atoms with E-state index in [0.29, 0.717) is 0 Å². The van der Waals surface area contributed by atoms with Gasteiger partial charge in [0.05, 0.1) is 0 Å². The lowest BCUT2D eigenvalue weighted by Gasteiger charge is -2.03. The van der Waals surface area contributed by atoms with Crippen molar-refractivity contribution in [3.63, 3.8) is 0 Å². The van der Waals surface area contributed by atoms with Gasteiger partial charge in [-0.1, -0.05) is 59.6 Å². The highest BCUT2D eigenvalue weighted by Gasteiger charge is 1.95. The average Bonchev–Trinajstić information content (AvgIpc) is 2.31. The van der Waals surface area contributed by atoms with Crippen molar-refractivity contribution in [2.24, 2.45) is 0 Å². The van der Waals surface area contributed by atoms with Crippen molar-refractivity contribution in [3.8, 4) is 0 Å². The molecule has 0 aromatic heterocycles. The standard InChI is InChI=1S/C10H14.2C2H6/c1-6-8(3)10(5)9(4)7-2;2*1-2/h6-7H,1,3,5H2,2,4H3;2*1-2H3/b9-7+;;. The summed E-state index contributed by atoms with van der Waals surface area (Å²) in [6.45, 7) is 23.2. The molecule has 0 nitrogen and oxygen atoms in total. The Balaban J connectivity index is -0.000000266. The second-order valence-corrected chi connectivity index (χ2v) is 2.18. The fraction of sp³-hybridized carbons (Fsp3) is 0.429. The number of hydrogen-bond donors (Lipinski definition) is 0. The molecular formula is C14H26. The Labute approximate surface area is 90.7 Å². The summed E-state index contributed by atoms with van der Waals surface area (Å²) in [7, 11) is 0.